The molecule has 1 aromatic carbocycles. The molecule has 0 aliphatic carbocycles. The van der Waals surface area contributed by atoms with Gasteiger partial charge in [-0.15, -0.1) is 11.3 Å². The van der Waals surface area contributed by atoms with Gasteiger partial charge < -0.3 is 5.32 Å². The Labute approximate surface area is 125 Å². The molecule has 18 heavy (non-hydrogen) atoms. The number of hydrogen-bond acceptors (Lipinski definition) is 3. The van der Waals surface area contributed by atoms with E-state index >= 15 is 0 Å². The maximum atomic E-state index is 5.97. The molecule has 1 heterocycles. The topological polar surface area (TPSA) is 24.9 Å². The van der Waals surface area contributed by atoms with Crippen LogP contribution in [0.15, 0.2) is 28.9 Å². The van der Waals surface area contributed by atoms with Gasteiger partial charge in [0.1, 0.15) is 5.01 Å². The summed E-state index contributed by atoms with van der Waals surface area (Å²) in [6.07, 6.45) is 1.91. The zero-order valence-electron chi connectivity index (χ0n) is 10.2. The molecule has 0 fully saturated rings. The van der Waals surface area contributed by atoms with Gasteiger partial charge in [0.05, 0.1) is 11.1 Å². The summed E-state index contributed by atoms with van der Waals surface area (Å²) in [5, 5.41) is 5.32. The van der Waals surface area contributed by atoms with Crippen LogP contribution in [0.4, 0.5) is 0 Å². The zero-order valence-corrected chi connectivity index (χ0v) is 13.4. The van der Waals surface area contributed by atoms with Crippen LogP contribution in [0.2, 0.25) is 5.02 Å². The molecule has 0 amide bonds. The summed E-state index contributed by atoms with van der Waals surface area (Å²) in [6, 6.07) is 6.23. The number of benzene rings is 1. The van der Waals surface area contributed by atoms with Gasteiger partial charge in [-0.1, -0.05) is 17.7 Å². The van der Waals surface area contributed by atoms with Crippen molar-refractivity contribution in [1.82, 2.24) is 10.3 Å². The van der Waals surface area contributed by atoms with E-state index < -0.39 is 0 Å². The molecular formula is C13H14BrClN2S. The highest BCUT2D eigenvalue weighted by atomic mass is 79.9. The van der Waals surface area contributed by atoms with Crippen molar-refractivity contribution >= 4 is 38.9 Å². The average molecular weight is 346 g/mol. The molecule has 2 nitrogen and oxygen atoms in total. The summed E-state index contributed by atoms with van der Waals surface area (Å²) >= 11 is 11.1. The Kier molecular flexibility index (Phi) is 4.78. The maximum absolute atomic E-state index is 5.97. The third-order valence-electron chi connectivity index (χ3n) is 2.61. The number of rotatable bonds is 4. The first-order valence-electron chi connectivity index (χ1n) is 5.66. The summed E-state index contributed by atoms with van der Waals surface area (Å²) in [4.78, 5) is 5.63. The normalized spacial score (nSPS) is 12.7. The highest BCUT2D eigenvalue weighted by Crippen LogP contribution is 2.24. The van der Waals surface area contributed by atoms with E-state index in [-0.39, 0.29) is 6.04 Å². The first-order valence-corrected chi connectivity index (χ1v) is 7.64. The molecule has 0 saturated heterocycles. The summed E-state index contributed by atoms with van der Waals surface area (Å²) in [5.74, 6) is 0. The lowest BCUT2D eigenvalue weighted by Crippen LogP contribution is -2.17. The highest BCUT2D eigenvalue weighted by molar-refractivity contribution is 9.10. The largest absolute Gasteiger partial charge is 0.304 e. The van der Waals surface area contributed by atoms with Gasteiger partial charge in [-0.05, 0) is 47.5 Å². The average Bonchev–Trinajstić information content (AvgIpc) is 2.77. The van der Waals surface area contributed by atoms with Crippen molar-refractivity contribution in [2.24, 2.45) is 0 Å². The van der Waals surface area contributed by atoms with Crippen LogP contribution >= 0.6 is 38.9 Å². The number of thiazole rings is 1. The molecular weight excluding hydrogens is 332 g/mol. The van der Waals surface area contributed by atoms with E-state index in [0.717, 1.165) is 21.0 Å². The van der Waals surface area contributed by atoms with Gasteiger partial charge in [-0.2, -0.15) is 0 Å². The van der Waals surface area contributed by atoms with Crippen molar-refractivity contribution in [2.45, 2.75) is 26.4 Å². The molecule has 1 atom stereocenters. The lowest BCUT2D eigenvalue weighted by Gasteiger charge is -2.11. The van der Waals surface area contributed by atoms with Crippen molar-refractivity contribution < 1.29 is 0 Å². The summed E-state index contributed by atoms with van der Waals surface area (Å²) < 4.78 is 0.932. The van der Waals surface area contributed by atoms with Crippen LogP contribution in [-0.2, 0) is 6.54 Å². The highest BCUT2D eigenvalue weighted by Gasteiger charge is 2.09. The standard InChI is InChI=1S/C13H14BrClN2S/c1-8-6-17-13(18-8)9(2)16-7-10-3-4-12(15)11(14)5-10/h3-6,9,16H,7H2,1-2H3. The predicted molar refractivity (Wildman–Crippen MR) is 81.3 cm³/mol. The Balaban J connectivity index is 1.97. The van der Waals surface area contributed by atoms with Crippen molar-refractivity contribution in [3.8, 4) is 0 Å². The van der Waals surface area contributed by atoms with Crippen LogP contribution in [0.5, 0.6) is 0 Å². The van der Waals surface area contributed by atoms with Crippen LogP contribution in [0.25, 0.3) is 0 Å². The Morgan fingerprint density at radius 3 is 2.89 bits per heavy atom. The van der Waals surface area contributed by atoms with Gasteiger partial charge in [-0.3, -0.25) is 0 Å². The first-order chi connectivity index (χ1) is 8.56. The molecule has 1 N–H and O–H groups in total. The molecule has 0 saturated carbocycles. The summed E-state index contributed by atoms with van der Waals surface area (Å²) in [5.41, 5.74) is 1.20. The van der Waals surface area contributed by atoms with E-state index in [9.17, 15) is 0 Å². The number of nitrogens with one attached hydrogen (secondary N) is 1. The Hall–Kier alpha value is -0.420. The van der Waals surface area contributed by atoms with E-state index in [2.05, 4.69) is 40.1 Å². The SMILES string of the molecule is Cc1cnc(C(C)NCc2ccc(Cl)c(Br)c2)s1. The Morgan fingerprint density at radius 1 is 1.50 bits per heavy atom. The van der Waals surface area contributed by atoms with Crippen molar-refractivity contribution in [1.29, 1.82) is 0 Å². The van der Waals surface area contributed by atoms with Gasteiger partial charge in [0.25, 0.3) is 0 Å². The molecule has 2 rings (SSSR count). The molecule has 0 aliphatic heterocycles. The van der Waals surface area contributed by atoms with Gasteiger partial charge in [-0.25, -0.2) is 4.98 Å². The fourth-order valence-corrected chi connectivity index (χ4v) is 2.92. The summed E-state index contributed by atoms with van der Waals surface area (Å²) in [6.45, 7) is 5.00. The molecule has 0 bridgehead atoms. The number of aryl methyl sites for hydroxylation is 1. The number of hydrogen-bond donors (Lipinski definition) is 1. The lowest BCUT2D eigenvalue weighted by molar-refractivity contribution is 0.572. The molecule has 1 unspecified atom stereocenters. The third-order valence-corrected chi connectivity index (χ3v) is 4.92. The molecule has 0 radical (unpaired) electrons. The summed E-state index contributed by atoms with van der Waals surface area (Å²) in [7, 11) is 0. The third kappa shape index (κ3) is 3.54. The predicted octanol–water partition coefficient (Wildman–Crippen LogP) is 4.72. The van der Waals surface area contributed by atoms with E-state index in [0.29, 0.717) is 0 Å². The quantitative estimate of drug-likeness (QED) is 0.867. The first kappa shape index (κ1) is 14.0. The minimum absolute atomic E-state index is 0.262. The molecule has 1 aromatic heterocycles. The Morgan fingerprint density at radius 2 is 2.28 bits per heavy atom. The monoisotopic (exact) mass is 344 g/mol. The van der Waals surface area contributed by atoms with E-state index in [1.54, 1.807) is 11.3 Å². The number of aromatic nitrogens is 1. The molecule has 5 heteroatoms. The Bertz CT molecular complexity index is 542. The minimum atomic E-state index is 0.262. The van der Waals surface area contributed by atoms with E-state index in [4.69, 9.17) is 11.6 Å². The van der Waals surface area contributed by atoms with Crippen molar-refractivity contribution in [3.05, 3.63) is 49.3 Å². The number of halogens is 2. The van der Waals surface area contributed by atoms with Crippen LogP contribution in [0.3, 0.4) is 0 Å². The smallest absolute Gasteiger partial charge is 0.109 e. The fourth-order valence-electron chi connectivity index (χ4n) is 1.58. The second kappa shape index (κ2) is 6.15. The van der Waals surface area contributed by atoms with Crippen molar-refractivity contribution in [3.63, 3.8) is 0 Å². The van der Waals surface area contributed by atoms with E-state index in [1.807, 2.05) is 24.4 Å². The van der Waals surface area contributed by atoms with Crippen LogP contribution in [0.1, 0.15) is 28.4 Å². The lowest BCUT2D eigenvalue weighted by atomic mass is 10.2. The zero-order chi connectivity index (χ0) is 13.1. The van der Waals surface area contributed by atoms with Gasteiger partial charge >= 0.3 is 0 Å². The van der Waals surface area contributed by atoms with Gasteiger partial charge in [0, 0.05) is 22.1 Å². The molecule has 2 aromatic rings. The second-order valence-corrected chi connectivity index (χ2v) is 6.69. The van der Waals surface area contributed by atoms with Gasteiger partial charge in [0.2, 0.25) is 0 Å². The molecule has 96 valence electrons. The number of nitrogens with zero attached hydrogens (tertiary/aromatic N) is 1. The van der Waals surface area contributed by atoms with E-state index in [1.165, 1.54) is 10.4 Å². The molecule has 0 spiro atoms. The van der Waals surface area contributed by atoms with Gasteiger partial charge in [0.15, 0.2) is 0 Å². The second-order valence-electron chi connectivity index (χ2n) is 4.16. The van der Waals surface area contributed by atoms with Crippen LogP contribution in [-0.4, -0.2) is 4.98 Å². The fraction of sp³-hybridized carbons (Fsp3) is 0.308. The van der Waals surface area contributed by atoms with Crippen LogP contribution in [0, 0.1) is 6.92 Å². The minimum Gasteiger partial charge on any atom is -0.304 e. The van der Waals surface area contributed by atoms with Crippen LogP contribution < -0.4 is 5.32 Å². The maximum Gasteiger partial charge on any atom is 0.109 e. The molecule has 0 aliphatic rings. The van der Waals surface area contributed by atoms with Crippen molar-refractivity contribution in [2.75, 3.05) is 0 Å².